The van der Waals surface area contributed by atoms with Crippen molar-refractivity contribution in [1.82, 2.24) is 9.78 Å². The van der Waals surface area contributed by atoms with Gasteiger partial charge in [-0.2, -0.15) is 5.10 Å². The number of hydrogen-bond acceptors (Lipinski definition) is 3. The number of aryl methyl sites for hydroxylation is 1. The number of aromatic nitrogens is 2. The molecule has 0 unspecified atom stereocenters. The molecular formula is C18H16BrN3O2. The van der Waals surface area contributed by atoms with Gasteiger partial charge in [-0.1, -0.05) is 33.6 Å². The number of carbonyl (C=O) groups excluding carboxylic acids is 1. The van der Waals surface area contributed by atoms with Crippen molar-refractivity contribution in [2.24, 2.45) is 0 Å². The van der Waals surface area contributed by atoms with Gasteiger partial charge in [0.15, 0.2) is 6.73 Å². The first-order valence-electron chi connectivity index (χ1n) is 7.39. The first-order chi connectivity index (χ1) is 11.6. The minimum atomic E-state index is -0.160. The van der Waals surface area contributed by atoms with Crippen molar-refractivity contribution in [3.8, 4) is 5.75 Å². The number of hydrogen-bond donors (Lipinski definition) is 1. The molecule has 0 saturated heterocycles. The van der Waals surface area contributed by atoms with Crippen LogP contribution >= 0.6 is 15.9 Å². The fourth-order valence-corrected chi connectivity index (χ4v) is 2.42. The summed E-state index contributed by atoms with van der Waals surface area (Å²) in [5.74, 6) is 0.589. The molecule has 1 aromatic heterocycles. The van der Waals surface area contributed by atoms with Crippen LogP contribution in [0.2, 0.25) is 0 Å². The van der Waals surface area contributed by atoms with Crippen LogP contribution in [0.15, 0.2) is 65.4 Å². The second-order valence-electron chi connectivity index (χ2n) is 5.32. The van der Waals surface area contributed by atoms with E-state index in [-0.39, 0.29) is 12.6 Å². The van der Waals surface area contributed by atoms with Gasteiger partial charge in [0.1, 0.15) is 5.75 Å². The quantitative estimate of drug-likeness (QED) is 0.714. The Balaban J connectivity index is 1.59. The molecule has 3 aromatic rings. The topological polar surface area (TPSA) is 56.2 Å². The third-order valence-corrected chi connectivity index (χ3v) is 3.88. The molecular weight excluding hydrogens is 370 g/mol. The van der Waals surface area contributed by atoms with Crippen LogP contribution in [0.3, 0.4) is 0 Å². The molecule has 0 aliphatic rings. The van der Waals surface area contributed by atoms with Gasteiger partial charge in [0.2, 0.25) is 0 Å². The highest BCUT2D eigenvalue weighted by Crippen LogP contribution is 2.17. The van der Waals surface area contributed by atoms with Gasteiger partial charge in [-0.05, 0) is 43.3 Å². The summed E-state index contributed by atoms with van der Waals surface area (Å²) in [6.07, 6.45) is 3.32. The minimum absolute atomic E-state index is 0.160. The molecule has 0 aliphatic heterocycles. The summed E-state index contributed by atoms with van der Waals surface area (Å²) < 4.78 is 8.25. The predicted octanol–water partition coefficient (Wildman–Crippen LogP) is 4.24. The Bertz CT molecular complexity index is 843. The van der Waals surface area contributed by atoms with E-state index < -0.39 is 0 Å². The van der Waals surface area contributed by atoms with Crippen molar-refractivity contribution >= 4 is 27.5 Å². The lowest BCUT2D eigenvalue weighted by molar-refractivity contribution is 0.102. The molecule has 0 fully saturated rings. The van der Waals surface area contributed by atoms with Gasteiger partial charge in [0.05, 0.1) is 18.1 Å². The van der Waals surface area contributed by atoms with Crippen LogP contribution in [0.5, 0.6) is 5.75 Å². The van der Waals surface area contributed by atoms with Gasteiger partial charge >= 0.3 is 0 Å². The van der Waals surface area contributed by atoms with Crippen LogP contribution in [0.1, 0.15) is 15.9 Å². The molecule has 6 heteroatoms. The van der Waals surface area contributed by atoms with E-state index in [1.54, 1.807) is 23.1 Å². The number of rotatable bonds is 5. The van der Waals surface area contributed by atoms with Gasteiger partial charge < -0.3 is 10.1 Å². The van der Waals surface area contributed by atoms with Crippen LogP contribution < -0.4 is 10.1 Å². The maximum Gasteiger partial charge on any atom is 0.255 e. The fourth-order valence-electron chi connectivity index (χ4n) is 2.16. The van der Waals surface area contributed by atoms with Crippen LogP contribution in [0, 0.1) is 6.92 Å². The number of benzene rings is 2. The third kappa shape index (κ3) is 4.23. The molecule has 0 spiro atoms. The van der Waals surface area contributed by atoms with Gasteiger partial charge in [0.25, 0.3) is 5.91 Å². The van der Waals surface area contributed by atoms with E-state index in [1.807, 2.05) is 49.4 Å². The van der Waals surface area contributed by atoms with Gasteiger partial charge in [0, 0.05) is 10.0 Å². The molecule has 3 rings (SSSR count). The smallest absolute Gasteiger partial charge is 0.255 e. The number of amides is 1. The fraction of sp³-hybridized carbons (Fsp3) is 0.111. The summed E-state index contributed by atoms with van der Waals surface area (Å²) in [6.45, 7) is 2.22. The molecule has 2 aromatic carbocycles. The van der Waals surface area contributed by atoms with Gasteiger partial charge in [-0.3, -0.25) is 4.79 Å². The monoisotopic (exact) mass is 385 g/mol. The Hall–Kier alpha value is -2.60. The molecule has 0 bridgehead atoms. The lowest BCUT2D eigenvalue weighted by Gasteiger charge is -2.06. The average Bonchev–Trinajstić information content (AvgIpc) is 3.02. The van der Waals surface area contributed by atoms with Gasteiger partial charge in [-0.25, -0.2) is 4.68 Å². The maximum atomic E-state index is 12.2. The van der Waals surface area contributed by atoms with E-state index in [9.17, 15) is 4.79 Å². The Morgan fingerprint density at radius 2 is 2.04 bits per heavy atom. The van der Waals surface area contributed by atoms with Crippen molar-refractivity contribution < 1.29 is 9.53 Å². The number of nitrogens with zero attached hydrogens (tertiary/aromatic N) is 2. The average molecular weight is 386 g/mol. The highest BCUT2D eigenvalue weighted by molar-refractivity contribution is 9.10. The summed E-state index contributed by atoms with van der Waals surface area (Å²) in [5, 5.41) is 7.01. The van der Waals surface area contributed by atoms with E-state index in [1.165, 1.54) is 0 Å². The van der Waals surface area contributed by atoms with Crippen LogP contribution in [0.25, 0.3) is 0 Å². The van der Waals surface area contributed by atoms with Crippen molar-refractivity contribution in [3.63, 3.8) is 0 Å². The van der Waals surface area contributed by atoms with E-state index in [0.29, 0.717) is 11.3 Å². The Morgan fingerprint density at radius 1 is 1.25 bits per heavy atom. The van der Waals surface area contributed by atoms with Crippen LogP contribution in [-0.2, 0) is 6.73 Å². The summed E-state index contributed by atoms with van der Waals surface area (Å²) in [4.78, 5) is 12.2. The number of halogens is 1. The Morgan fingerprint density at radius 3 is 2.79 bits per heavy atom. The van der Waals surface area contributed by atoms with E-state index in [2.05, 4.69) is 26.3 Å². The Labute approximate surface area is 148 Å². The molecule has 24 heavy (non-hydrogen) atoms. The number of nitrogens with one attached hydrogen (secondary N) is 1. The van der Waals surface area contributed by atoms with E-state index in [0.717, 1.165) is 15.8 Å². The molecule has 1 amide bonds. The van der Waals surface area contributed by atoms with Crippen molar-refractivity contribution in [2.45, 2.75) is 13.7 Å². The molecule has 0 saturated carbocycles. The molecule has 5 nitrogen and oxygen atoms in total. The molecule has 0 atom stereocenters. The number of carbonyl (C=O) groups is 1. The summed E-state index contributed by atoms with van der Waals surface area (Å²) in [7, 11) is 0. The zero-order valence-electron chi connectivity index (χ0n) is 13.1. The minimum Gasteiger partial charge on any atom is -0.471 e. The first-order valence-corrected chi connectivity index (χ1v) is 8.18. The number of ether oxygens (including phenoxy) is 1. The van der Waals surface area contributed by atoms with E-state index in [4.69, 9.17) is 4.74 Å². The summed E-state index contributed by atoms with van der Waals surface area (Å²) in [5.41, 5.74) is 2.29. The maximum absolute atomic E-state index is 12.2. The van der Waals surface area contributed by atoms with E-state index >= 15 is 0 Å². The summed E-state index contributed by atoms with van der Waals surface area (Å²) in [6, 6.07) is 15.0. The lowest BCUT2D eigenvalue weighted by atomic mass is 10.1. The lowest BCUT2D eigenvalue weighted by Crippen LogP contribution is -2.11. The molecule has 1 N–H and O–H groups in total. The summed E-state index contributed by atoms with van der Waals surface area (Å²) >= 11 is 3.38. The largest absolute Gasteiger partial charge is 0.471 e. The predicted molar refractivity (Wildman–Crippen MR) is 96.1 cm³/mol. The highest BCUT2D eigenvalue weighted by Gasteiger charge is 2.07. The second kappa shape index (κ2) is 7.31. The van der Waals surface area contributed by atoms with Crippen molar-refractivity contribution in [2.75, 3.05) is 5.32 Å². The number of anilines is 1. The third-order valence-electron chi connectivity index (χ3n) is 3.35. The zero-order chi connectivity index (χ0) is 16.9. The Kier molecular flexibility index (Phi) is 4.96. The van der Waals surface area contributed by atoms with Crippen molar-refractivity contribution in [1.29, 1.82) is 0 Å². The van der Waals surface area contributed by atoms with Crippen LogP contribution in [-0.4, -0.2) is 15.7 Å². The molecule has 0 aliphatic carbocycles. The normalized spacial score (nSPS) is 10.4. The highest BCUT2D eigenvalue weighted by atomic mass is 79.9. The molecule has 1 heterocycles. The van der Waals surface area contributed by atoms with Crippen molar-refractivity contribution in [3.05, 3.63) is 76.5 Å². The standard InChI is InChI=1S/C18H16BrN3O2/c1-13-3-2-4-14(9-13)18(23)21-16-10-20-22(11-16)12-24-17-7-5-15(19)6-8-17/h2-11H,12H2,1H3,(H,21,23). The van der Waals surface area contributed by atoms with Gasteiger partial charge in [-0.15, -0.1) is 0 Å². The molecule has 122 valence electrons. The first kappa shape index (κ1) is 16.3. The zero-order valence-corrected chi connectivity index (χ0v) is 14.7. The second-order valence-corrected chi connectivity index (χ2v) is 6.24. The SMILES string of the molecule is Cc1cccc(C(=O)Nc2cnn(COc3ccc(Br)cc3)c2)c1. The van der Waals surface area contributed by atoms with Crippen LogP contribution in [0.4, 0.5) is 5.69 Å². The molecule has 0 radical (unpaired) electrons.